The first-order chi connectivity index (χ1) is 13.5. The predicted molar refractivity (Wildman–Crippen MR) is 111 cm³/mol. The zero-order valence-electron chi connectivity index (χ0n) is 16.2. The van der Waals surface area contributed by atoms with Gasteiger partial charge in [-0.1, -0.05) is 35.9 Å². The van der Waals surface area contributed by atoms with Crippen LogP contribution in [0.1, 0.15) is 34.3 Å². The summed E-state index contributed by atoms with van der Waals surface area (Å²) in [6.07, 6.45) is 1.81. The topological polar surface area (TPSA) is 58.6 Å². The lowest BCUT2D eigenvalue weighted by Crippen LogP contribution is -2.40. The number of carbonyl (C=O) groups is 2. The van der Waals surface area contributed by atoms with Crippen molar-refractivity contribution < 1.29 is 14.3 Å². The standard InChI is InChI=1S/C22H25ClN2O3/c1-15-9-10-16(22(27)28-2)12-20(15)24-21(26)18-7-5-11-25(14-18)13-17-6-3-4-8-19(17)23/h3-4,6,8-10,12,18H,5,7,11,13-14H2,1-2H3,(H,24,26)/t18-/m0/s1. The molecule has 1 amide bonds. The number of likely N-dealkylation sites (tertiary alicyclic amines) is 1. The van der Waals surface area contributed by atoms with E-state index in [9.17, 15) is 9.59 Å². The van der Waals surface area contributed by atoms with Crippen LogP contribution >= 0.6 is 11.6 Å². The molecular formula is C22H25ClN2O3. The number of ether oxygens (including phenoxy) is 1. The molecule has 0 aliphatic carbocycles. The van der Waals surface area contributed by atoms with Crippen LogP contribution in [0.15, 0.2) is 42.5 Å². The van der Waals surface area contributed by atoms with E-state index in [1.54, 1.807) is 12.1 Å². The molecule has 6 heteroatoms. The van der Waals surface area contributed by atoms with Gasteiger partial charge in [0.1, 0.15) is 0 Å². The summed E-state index contributed by atoms with van der Waals surface area (Å²) in [5, 5.41) is 3.75. The number of aryl methyl sites for hydroxylation is 1. The molecule has 1 aliphatic rings. The third kappa shape index (κ3) is 4.91. The molecule has 0 unspecified atom stereocenters. The van der Waals surface area contributed by atoms with E-state index in [0.717, 1.165) is 42.1 Å². The second-order valence-corrected chi connectivity index (χ2v) is 7.58. The number of esters is 1. The first kappa shape index (κ1) is 20.4. The van der Waals surface area contributed by atoms with Gasteiger partial charge in [-0.15, -0.1) is 0 Å². The lowest BCUT2D eigenvalue weighted by atomic mass is 9.96. The number of nitrogens with one attached hydrogen (secondary N) is 1. The fraction of sp³-hybridized carbons (Fsp3) is 0.364. The summed E-state index contributed by atoms with van der Waals surface area (Å²) in [6.45, 7) is 4.28. The highest BCUT2D eigenvalue weighted by molar-refractivity contribution is 6.31. The monoisotopic (exact) mass is 400 g/mol. The molecule has 1 aliphatic heterocycles. The van der Waals surface area contributed by atoms with Gasteiger partial charge in [0.15, 0.2) is 0 Å². The highest BCUT2D eigenvalue weighted by Crippen LogP contribution is 2.24. The molecule has 2 aromatic rings. The SMILES string of the molecule is COC(=O)c1ccc(C)c(NC(=O)[C@H]2CCCN(Cc3ccccc3Cl)C2)c1. The highest BCUT2D eigenvalue weighted by Gasteiger charge is 2.26. The largest absolute Gasteiger partial charge is 0.465 e. The van der Waals surface area contributed by atoms with Crippen molar-refractivity contribution >= 4 is 29.2 Å². The quantitative estimate of drug-likeness (QED) is 0.761. The number of amides is 1. The molecule has 5 nitrogen and oxygen atoms in total. The summed E-state index contributed by atoms with van der Waals surface area (Å²) in [4.78, 5) is 26.9. The van der Waals surface area contributed by atoms with Crippen LogP contribution in [-0.4, -0.2) is 37.0 Å². The van der Waals surface area contributed by atoms with Gasteiger partial charge in [-0.05, 0) is 55.6 Å². The van der Waals surface area contributed by atoms with Crippen molar-refractivity contribution in [3.8, 4) is 0 Å². The van der Waals surface area contributed by atoms with Gasteiger partial charge < -0.3 is 10.1 Å². The number of anilines is 1. The first-order valence-corrected chi connectivity index (χ1v) is 9.81. The third-order valence-electron chi connectivity index (χ3n) is 5.14. The maximum atomic E-state index is 12.9. The van der Waals surface area contributed by atoms with E-state index in [2.05, 4.69) is 10.2 Å². The van der Waals surface area contributed by atoms with Crippen LogP contribution in [0.3, 0.4) is 0 Å². The number of benzene rings is 2. The van der Waals surface area contributed by atoms with Gasteiger partial charge >= 0.3 is 5.97 Å². The Balaban J connectivity index is 1.66. The van der Waals surface area contributed by atoms with Gasteiger partial charge in [-0.25, -0.2) is 4.79 Å². The van der Waals surface area contributed by atoms with Gasteiger partial charge in [-0.2, -0.15) is 0 Å². The van der Waals surface area contributed by atoms with E-state index in [0.29, 0.717) is 17.8 Å². The molecule has 1 fully saturated rings. The highest BCUT2D eigenvalue weighted by atomic mass is 35.5. The third-order valence-corrected chi connectivity index (χ3v) is 5.51. The first-order valence-electron chi connectivity index (χ1n) is 9.43. The van der Waals surface area contributed by atoms with Crippen molar-refractivity contribution in [2.75, 3.05) is 25.5 Å². The van der Waals surface area contributed by atoms with E-state index in [1.807, 2.05) is 37.3 Å². The molecule has 2 aromatic carbocycles. The number of hydrogen-bond donors (Lipinski definition) is 1. The van der Waals surface area contributed by atoms with E-state index >= 15 is 0 Å². The number of nitrogens with zero attached hydrogens (tertiary/aromatic N) is 1. The molecule has 0 radical (unpaired) electrons. The Kier molecular flexibility index (Phi) is 6.70. The second kappa shape index (κ2) is 9.22. The molecule has 0 bridgehead atoms. The molecule has 0 saturated carbocycles. The minimum Gasteiger partial charge on any atom is -0.465 e. The molecule has 1 atom stereocenters. The maximum Gasteiger partial charge on any atom is 0.337 e. The zero-order chi connectivity index (χ0) is 20.1. The average Bonchev–Trinajstić information content (AvgIpc) is 2.71. The molecule has 0 aromatic heterocycles. The molecule has 1 heterocycles. The van der Waals surface area contributed by atoms with E-state index < -0.39 is 5.97 Å². The van der Waals surface area contributed by atoms with Crippen LogP contribution in [-0.2, 0) is 16.1 Å². The van der Waals surface area contributed by atoms with Crippen molar-refractivity contribution in [2.24, 2.45) is 5.92 Å². The van der Waals surface area contributed by atoms with E-state index in [1.165, 1.54) is 7.11 Å². The smallest absolute Gasteiger partial charge is 0.337 e. The Morgan fingerprint density at radius 2 is 2.04 bits per heavy atom. The summed E-state index contributed by atoms with van der Waals surface area (Å²) in [5.74, 6) is -0.537. The number of rotatable bonds is 5. The lowest BCUT2D eigenvalue weighted by Gasteiger charge is -2.32. The van der Waals surface area contributed by atoms with Crippen molar-refractivity contribution in [3.63, 3.8) is 0 Å². The van der Waals surface area contributed by atoms with Crippen LogP contribution in [0.4, 0.5) is 5.69 Å². The number of methoxy groups -OCH3 is 1. The lowest BCUT2D eigenvalue weighted by molar-refractivity contribution is -0.121. The molecular weight excluding hydrogens is 376 g/mol. The van der Waals surface area contributed by atoms with Gasteiger partial charge in [0.05, 0.1) is 18.6 Å². The zero-order valence-corrected chi connectivity index (χ0v) is 17.0. The fourth-order valence-electron chi connectivity index (χ4n) is 3.52. The van der Waals surface area contributed by atoms with Crippen LogP contribution < -0.4 is 5.32 Å². The van der Waals surface area contributed by atoms with Crippen LogP contribution in [0, 0.1) is 12.8 Å². The molecule has 1 N–H and O–H groups in total. The Hall–Kier alpha value is -2.37. The summed E-state index contributed by atoms with van der Waals surface area (Å²) in [7, 11) is 1.34. The summed E-state index contributed by atoms with van der Waals surface area (Å²) >= 11 is 6.28. The minimum absolute atomic E-state index is 0.0195. The summed E-state index contributed by atoms with van der Waals surface area (Å²) < 4.78 is 4.76. The Morgan fingerprint density at radius 3 is 2.79 bits per heavy atom. The number of piperidine rings is 1. The van der Waals surface area contributed by atoms with Crippen molar-refractivity contribution in [1.82, 2.24) is 4.90 Å². The maximum absolute atomic E-state index is 12.9. The molecule has 3 rings (SSSR count). The predicted octanol–water partition coefficient (Wildman–Crippen LogP) is 4.29. The van der Waals surface area contributed by atoms with Gasteiger partial charge in [0.25, 0.3) is 0 Å². The molecule has 148 valence electrons. The molecule has 1 saturated heterocycles. The van der Waals surface area contributed by atoms with Crippen LogP contribution in [0.5, 0.6) is 0 Å². The average molecular weight is 401 g/mol. The van der Waals surface area contributed by atoms with Crippen molar-refractivity contribution in [3.05, 3.63) is 64.2 Å². The van der Waals surface area contributed by atoms with Crippen molar-refractivity contribution in [1.29, 1.82) is 0 Å². The summed E-state index contributed by atoms with van der Waals surface area (Å²) in [5.41, 5.74) is 3.06. The number of carbonyl (C=O) groups excluding carboxylic acids is 2. The Bertz CT molecular complexity index is 869. The second-order valence-electron chi connectivity index (χ2n) is 7.18. The van der Waals surface area contributed by atoms with E-state index in [-0.39, 0.29) is 11.8 Å². The molecule has 28 heavy (non-hydrogen) atoms. The Morgan fingerprint density at radius 1 is 1.25 bits per heavy atom. The minimum atomic E-state index is -0.418. The normalized spacial score (nSPS) is 17.2. The fourth-order valence-corrected chi connectivity index (χ4v) is 3.71. The molecule has 0 spiro atoms. The van der Waals surface area contributed by atoms with Crippen LogP contribution in [0.25, 0.3) is 0 Å². The Labute approximate surface area is 170 Å². The summed E-state index contributed by atoms with van der Waals surface area (Å²) in [6, 6.07) is 13.0. The van der Waals surface area contributed by atoms with Crippen LogP contribution in [0.2, 0.25) is 5.02 Å². The number of halogens is 1. The van der Waals surface area contributed by atoms with Gasteiger partial charge in [0.2, 0.25) is 5.91 Å². The van der Waals surface area contributed by atoms with Crippen molar-refractivity contribution in [2.45, 2.75) is 26.3 Å². The van der Waals surface area contributed by atoms with Gasteiger partial charge in [-0.3, -0.25) is 9.69 Å². The van der Waals surface area contributed by atoms with Gasteiger partial charge in [0, 0.05) is 23.8 Å². The van der Waals surface area contributed by atoms with E-state index in [4.69, 9.17) is 16.3 Å². The number of hydrogen-bond acceptors (Lipinski definition) is 4.